The lowest BCUT2D eigenvalue weighted by atomic mass is 10.1. The number of nitrogens with one attached hydrogen (secondary N) is 1. The highest BCUT2D eigenvalue weighted by molar-refractivity contribution is 5.86. The fourth-order valence-corrected chi connectivity index (χ4v) is 2.79. The number of hydrogen-bond acceptors (Lipinski definition) is 3. The van der Waals surface area contributed by atoms with E-state index < -0.39 is 0 Å². The number of nitrogens with zero attached hydrogens (tertiary/aromatic N) is 2. The molecule has 1 aliphatic rings. The molecule has 3 rings (SSSR count). The summed E-state index contributed by atoms with van der Waals surface area (Å²) in [6, 6.07) is 8.94. The molecule has 0 spiro atoms. The van der Waals surface area contributed by atoms with Crippen molar-refractivity contribution in [1.29, 1.82) is 0 Å². The minimum Gasteiger partial charge on any atom is -0.369 e. The van der Waals surface area contributed by atoms with Gasteiger partial charge in [-0.25, -0.2) is 0 Å². The third kappa shape index (κ3) is 2.53. The third-order valence-electron chi connectivity index (χ3n) is 3.98. The van der Waals surface area contributed by atoms with Gasteiger partial charge in [0.25, 0.3) is 0 Å². The maximum absolute atomic E-state index is 4.57. The topological polar surface area (TPSA) is 28.2 Å². The largest absolute Gasteiger partial charge is 0.369 e. The summed E-state index contributed by atoms with van der Waals surface area (Å²) in [5.41, 5.74) is 3.66. The number of halogens is 1. The molecule has 0 unspecified atom stereocenters. The Kier molecular flexibility index (Phi) is 4.27. The number of pyridine rings is 1. The summed E-state index contributed by atoms with van der Waals surface area (Å²) in [6.07, 6.45) is 3.22. The fraction of sp³-hybridized carbons (Fsp3) is 0.400. The van der Waals surface area contributed by atoms with Gasteiger partial charge in [0.2, 0.25) is 0 Å². The van der Waals surface area contributed by atoms with Crippen molar-refractivity contribution in [1.82, 2.24) is 10.3 Å². The van der Waals surface area contributed by atoms with E-state index in [1.54, 1.807) is 0 Å². The molecule has 3 nitrogen and oxygen atoms in total. The smallest absolute Gasteiger partial charge is 0.0706 e. The Morgan fingerprint density at radius 3 is 2.84 bits per heavy atom. The molecule has 0 bridgehead atoms. The third-order valence-corrected chi connectivity index (χ3v) is 3.98. The molecule has 102 valence electrons. The normalized spacial score (nSPS) is 18.3. The van der Waals surface area contributed by atoms with Crippen molar-refractivity contribution in [2.24, 2.45) is 0 Å². The zero-order chi connectivity index (χ0) is 12.5. The lowest BCUT2D eigenvalue weighted by molar-refractivity contribution is 0.683. The van der Waals surface area contributed by atoms with Gasteiger partial charge in [-0.3, -0.25) is 4.98 Å². The maximum Gasteiger partial charge on any atom is 0.0706 e. The number of hydrogen-bond donors (Lipinski definition) is 1. The van der Waals surface area contributed by atoms with Crippen LogP contribution in [0, 0.1) is 6.92 Å². The minimum atomic E-state index is 0. The molecule has 1 saturated heterocycles. The quantitative estimate of drug-likeness (QED) is 0.915. The number of para-hydroxylation sites is 1. The molecule has 4 heteroatoms. The second kappa shape index (κ2) is 5.76. The molecule has 1 aliphatic heterocycles. The van der Waals surface area contributed by atoms with Crippen LogP contribution in [0.3, 0.4) is 0 Å². The van der Waals surface area contributed by atoms with Gasteiger partial charge in [0.1, 0.15) is 0 Å². The summed E-state index contributed by atoms with van der Waals surface area (Å²) in [7, 11) is 2.18. The van der Waals surface area contributed by atoms with Gasteiger partial charge < -0.3 is 10.2 Å². The molecular weight excluding hydrogens is 258 g/mol. The van der Waals surface area contributed by atoms with Gasteiger partial charge in [-0.2, -0.15) is 0 Å². The molecule has 2 aromatic rings. The maximum atomic E-state index is 4.57. The Balaban J connectivity index is 0.00000133. The van der Waals surface area contributed by atoms with Crippen LogP contribution in [0.5, 0.6) is 0 Å². The van der Waals surface area contributed by atoms with Crippen LogP contribution >= 0.6 is 12.4 Å². The van der Waals surface area contributed by atoms with Crippen molar-refractivity contribution in [3.8, 4) is 0 Å². The molecule has 2 heterocycles. The van der Waals surface area contributed by atoms with E-state index in [0.29, 0.717) is 6.04 Å². The van der Waals surface area contributed by atoms with Gasteiger partial charge in [0.05, 0.1) is 17.4 Å². The van der Waals surface area contributed by atoms with Crippen molar-refractivity contribution in [3.63, 3.8) is 0 Å². The Bertz CT molecular complexity index is 564. The molecule has 0 aliphatic carbocycles. The van der Waals surface area contributed by atoms with Crippen LogP contribution in [-0.4, -0.2) is 31.2 Å². The van der Waals surface area contributed by atoms with Crippen molar-refractivity contribution < 1.29 is 0 Å². The predicted molar refractivity (Wildman–Crippen MR) is 83.4 cm³/mol. The van der Waals surface area contributed by atoms with Crippen molar-refractivity contribution >= 4 is 29.0 Å². The van der Waals surface area contributed by atoms with E-state index in [2.05, 4.69) is 47.4 Å². The zero-order valence-electron chi connectivity index (χ0n) is 11.4. The molecule has 1 fully saturated rings. The van der Waals surface area contributed by atoms with E-state index in [1.165, 1.54) is 23.1 Å². The predicted octanol–water partition coefficient (Wildman–Crippen LogP) is 2.76. The Labute approximate surface area is 120 Å². The second-order valence-corrected chi connectivity index (χ2v) is 5.04. The first-order valence-electron chi connectivity index (χ1n) is 6.55. The van der Waals surface area contributed by atoms with Crippen molar-refractivity contribution in [2.45, 2.75) is 19.4 Å². The van der Waals surface area contributed by atoms with E-state index in [-0.39, 0.29) is 12.4 Å². The monoisotopic (exact) mass is 277 g/mol. The first kappa shape index (κ1) is 14.1. The number of benzene rings is 1. The average Bonchev–Trinajstić information content (AvgIpc) is 2.93. The van der Waals surface area contributed by atoms with Crippen LogP contribution < -0.4 is 10.2 Å². The number of anilines is 1. The molecule has 1 aromatic carbocycles. The van der Waals surface area contributed by atoms with Crippen molar-refractivity contribution in [3.05, 3.63) is 36.0 Å². The van der Waals surface area contributed by atoms with Gasteiger partial charge in [-0.15, -0.1) is 12.4 Å². The lowest BCUT2D eigenvalue weighted by Gasteiger charge is -2.27. The average molecular weight is 278 g/mol. The first-order valence-corrected chi connectivity index (χ1v) is 6.55. The summed E-state index contributed by atoms with van der Waals surface area (Å²) >= 11 is 0. The van der Waals surface area contributed by atoms with Gasteiger partial charge >= 0.3 is 0 Å². The molecule has 1 aromatic heterocycles. The van der Waals surface area contributed by atoms with E-state index >= 15 is 0 Å². The van der Waals surface area contributed by atoms with Crippen LogP contribution in [0.25, 0.3) is 10.9 Å². The SMILES string of the molecule is Cc1c(N(C)[C@H]2CCNC2)cnc2ccccc12.Cl. The summed E-state index contributed by atoms with van der Waals surface area (Å²) in [4.78, 5) is 6.94. The van der Waals surface area contributed by atoms with Crippen LogP contribution in [0.4, 0.5) is 5.69 Å². The number of fused-ring (bicyclic) bond motifs is 1. The fourth-order valence-electron chi connectivity index (χ4n) is 2.79. The van der Waals surface area contributed by atoms with Crippen LogP contribution in [0.1, 0.15) is 12.0 Å². The van der Waals surface area contributed by atoms with Gasteiger partial charge in [-0.05, 0) is 31.5 Å². The van der Waals surface area contributed by atoms with Gasteiger partial charge in [0, 0.05) is 25.0 Å². The number of likely N-dealkylation sites (N-methyl/N-ethyl adjacent to an activating group) is 1. The number of aryl methyl sites for hydroxylation is 1. The zero-order valence-corrected chi connectivity index (χ0v) is 12.2. The first-order chi connectivity index (χ1) is 8.77. The molecule has 0 amide bonds. The highest BCUT2D eigenvalue weighted by Gasteiger charge is 2.21. The van der Waals surface area contributed by atoms with Gasteiger partial charge in [0.15, 0.2) is 0 Å². The molecule has 0 radical (unpaired) electrons. The molecule has 1 atom stereocenters. The molecule has 19 heavy (non-hydrogen) atoms. The molecular formula is C15H20ClN3. The van der Waals surface area contributed by atoms with E-state index in [1.807, 2.05) is 12.3 Å². The molecule has 1 N–H and O–H groups in total. The van der Waals surface area contributed by atoms with E-state index in [4.69, 9.17) is 0 Å². The number of rotatable bonds is 2. The summed E-state index contributed by atoms with van der Waals surface area (Å²) < 4.78 is 0. The van der Waals surface area contributed by atoms with E-state index in [9.17, 15) is 0 Å². The van der Waals surface area contributed by atoms with Crippen LogP contribution in [0.15, 0.2) is 30.5 Å². The Morgan fingerprint density at radius 1 is 1.32 bits per heavy atom. The van der Waals surface area contributed by atoms with Crippen molar-refractivity contribution in [2.75, 3.05) is 25.0 Å². The highest BCUT2D eigenvalue weighted by Crippen LogP contribution is 2.27. The standard InChI is InChI=1S/C15H19N3.ClH/c1-11-13-5-3-4-6-14(13)17-10-15(11)18(2)12-7-8-16-9-12;/h3-6,10,12,16H,7-9H2,1-2H3;1H/t12-;/m0./s1. The number of aromatic nitrogens is 1. The van der Waals surface area contributed by atoms with Gasteiger partial charge in [-0.1, -0.05) is 18.2 Å². The van der Waals surface area contributed by atoms with Crippen LogP contribution in [-0.2, 0) is 0 Å². The lowest BCUT2D eigenvalue weighted by Crippen LogP contribution is -2.33. The highest BCUT2D eigenvalue weighted by atomic mass is 35.5. The Morgan fingerprint density at radius 2 is 2.11 bits per heavy atom. The molecule has 0 saturated carbocycles. The van der Waals surface area contributed by atoms with Crippen LogP contribution in [0.2, 0.25) is 0 Å². The minimum absolute atomic E-state index is 0. The second-order valence-electron chi connectivity index (χ2n) is 5.04. The summed E-state index contributed by atoms with van der Waals surface area (Å²) in [5, 5.41) is 4.67. The summed E-state index contributed by atoms with van der Waals surface area (Å²) in [5.74, 6) is 0. The van der Waals surface area contributed by atoms with E-state index in [0.717, 1.165) is 18.6 Å². The summed E-state index contributed by atoms with van der Waals surface area (Å²) in [6.45, 7) is 4.38. The Hall–Kier alpha value is -1.32.